The van der Waals surface area contributed by atoms with E-state index in [4.69, 9.17) is 0 Å². The molecule has 0 radical (unpaired) electrons. The Bertz CT molecular complexity index is 719. The van der Waals surface area contributed by atoms with Gasteiger partial charge in [-0.1, -0.05) is 0 Å². The lowest BCUT2D eigenvalue weighted by atomic mass is 10.3. The second-order valence-electron chi connectivity index (χ2n) is 4.19. The minimum atomic E-state index is 0.566. The molecule has 3 heterocycles. The van der Waals surface area contributed by atoms with Gasteiger partial charge in [-0.25, -0.2) is 9.97 Å². The first-order valence-electron chi connectivity index (χ1n) is 5.92. The largest absolute Gasteiger partial charge is 0.364 e. The average molecular weight is 255 g/mol. The molecule has 0 fully saturated rings. The lowest BCUT2D eigenvalue weighted by Crippen LogP contribution is -2.07. The zero-order valence-electron chi connectivity index (χ0n) is 10.7. The van der Waals surface area contributed by atoms with Crippen LogP contribution in [0.4, 0.5) is 5.82 Å². The molecule has 0 bridgehead atoms. The van der Waals surface area contributed by atoms with Crippen LogP contribution in [-0.4, -0.2) is 30.1 Å². The predicted molar refractivity (Wildman–Crippen MR) is 70.5 cm³/mol. The first-order valence-corrected chi connectivity index (χ1v) is 5.92. The van der Waals surface area contributed by atoms with Gasteiger partial charge in [0.05, 0.1) is 29.5 Å². The summed E-state index contributed by atoms with van der Waals surface area (Å²) in [7, 11) is 0. The fraction of sp³-hybridized carbons (Fsp3) is 0.250. The number of rotatable bonds is 3. The molecule has 3 aromatic heterocycles. The second-order valence-corrected chi connectivity index (χ2v) is 4.19. The van der Waals surface area contributed by atoms with Gasteiger partial charge >= 0.3 is 0 Å². The minimum Gasteiger partial charge on any atom is -0.364 e. The van der Waals surface area contributed by atoms with Gasteiger partial charge in [0.1, 0.15) is 11.6 Å². The Labute approximate surface area is 109 Å². The third-order valence-corrected chi connectivity index (χ3v) is 2.83. The van der Waals surface area contributed by atoms with E-state index in [0.29, 0.717) is 12.4 Å². The van der Waals surface area contributed by atoms with E-state index in [0.717, 1.165) is 28.2 Å². The van der Waals surface area contributed by atoms with Crippen LogP contribution < -0.4 is 5.32 Å². The fourth-order valence-corrected chi connectivity index (χ4v) is 1.86. The monoisotopic (exact) mass is 255 g/mol. The first kappa shape index (κ1) is 11.5. The Kier molecular flexibility index (Phi) is 2.79. The van der Waals surface area contributed by atoms with Crippen molar-refractivity contribution < 1.29 is 0 Å². The van der Waals surface area contributed by atoms with Crippen LogP contribution in [0.2, 0.25) is 0 Å². The lowest BCUT2D eigenvalue weighted by molar-refractivity contribution is 0.953. The summed E-state index contributed by atoms with van der Waals surface area (Å²) >= 11 is 0. The first-order chi connectivity index (χ1) is 9.24. The van der Waals surface area contributed by atoms with Crippen molar-refractivity contribution in [2.45, 2.75) is 20.4 Å². The van der Waals surface area contributed by atoms with Gasteiger partial charge in [-0.05, 0) is 13.8 Å². The Balaban J connectivity index is 1.90. The van der Waals surface area contributed by atoms with Crippen LogP contribution in [0.3, 0.4) is 0 Å². The van der Waals surface area contributed by atoms with Crippen molar-refractivity contribution in [3.8, 4) is 0 Å². The van der Waals surface area contributed by atoms with E-state index in [1.807, 2.05) is 13.8 Å². The molecule has 3 aromatic rings. The van der Waals surface area contributed by atoms with Gasteiger partial charge in [-0.3, -0.25) is 15.1 Å². The second kappa shape index (κ2) is 4.60. The summed E-state index contributed by atoms with van der Waals surface area (Å²) in [4.78, 5) is 17.2. The lowest BCUT2D eigenvalue weighted by Gasteiger charge is -2.08. The maximum absolute atomic E-state index is 4.39. The SMILES string of the molecule is Cc1nc(NCc2nccnc2C)c2cn[nH]c2n1. The summed E-state index contributed by atoms with van der Waals surface area (Å²) in [6.07, 6.45) is 5.07. The van der Waals surface area contributed by atoms with Gasteiger partial charge in [-0.2, -0.15) is 5.10 Å². The zero-order valence-corrected chi connectivity index (χ0v) is 10.7. The molecule has 19 heavy (non-hydrogen) atoms. The van der Waals surface area contributed by atoms with Gasteiger partial charge in [0, 0.05) is 12.4 Å². The number of hydrogen-bond acceptors (Lipinski definition) is 6. The van der Waals surface area contributed by atoms with Crippen molar-refractivity contribution in [2.75, 3.05) is 5.32 Å². The Morgan fingerprint density at radius 2 is 2.00 bits per heavy atom. The molecule has 0 amide bonds. The molecule has 0 spiro atoms. The summed E-state index contributed by atoms with van der Waals surface area (Å²) in [5.41, 5.74) is 2.53. The van der Waals surface area contributed by atoms with E-state index in [-0.39, 0.29) is 0 Å². The Morgan fingerprint density at radius 1 is 1.16 bits per heavy atom. The van der Waals surface area contributed by atoms with Crippen molar-refractivity contribution in [1.29, 1.82) is 0 Å². The molecule has 0 saturated heterocycles. The molecule has 7 nitrogen and oxygen atoms in total. The normalized spacial score (nSPS) is 10.8. The Morgan fingerprint density at radius 3 is 2.84 bits per heavy atom. The summed E-state index contributed by atoms with van der Waals surface area (Å²) in [6.45, 7) is 4.35. The molecule has 0 aromatic carbocycles. The standard InChI is InChI=1S/C12H13N7/c1-7-10(14-4-3-13-7)6-15-11-9-5-16-19-12(9)18-8(2)17-11/h3-5H,6H2,1-2H3,(H2,15,16,17,18,19). The number of anilines is 1. The molecule has 96 valence electrons. The highest BCUT2D eigenvalue weighted by Crippen LogP contribution is 2.18. The molecule has 0 aliphatic heterocycles. The highest BCUT2D eigenvalue weighted by molar-refractivity contribution is 5.85. The van der Waals surface area contributed by atoms with Crippen molar-refractivity contribution in [1.82, 2.24) is 30.1 Å². The molecule has 0 unspecified atom stereocenters. The summed E-state index contributed by atoms with van der Waals surface area (Å²) in [5, 5.41) is 10.9. The van der Waals surface area contributed by atoms with Crippen LogP contribution in [0, 0.1) is 13.8 Å². The Hall–Kier alpha value is -2.57. The highest BCUT2D eigenvalue weighted by Gasteiger charge is 2.08. The van der Waals surface area contributed by atoms with E-state index in [1.54, 1.807) is 18.6 Å². The summed E-state index contributed by atoms with van der Waals surface area (Å²) in [6, 6.07) is 0. The quantitative estimate of drug-likeness (QED) is 0.734. The number of aromatic amines is 1. The smallest absolute Gasteiger partial charge is 0.161 e. The number of H-pyrrole nitrogens is 1. The van der Waals surface area contributed by atoms with E-state index in [2.05, 4.69) is 35.5 Å². The van der Waals surface area contributed by atoms with Gasteiger partial charge in [0.25, 0.3) is 0 Å². The molecular formula is C12H13N7. The van der Waals surface area contributed by atoms with Crippen LogP contribution in [0.1, 0.15) is 17.2 Å². The summed E-state index contributed by atoms with van der Waals surface area (Å²) < 4.78 is 0. The topological polar surface area (TPSA) is 92.3 Å². The number of aromatic nitrogens is 6. The molecule has 3 rings (SSSR count). The van der Waals surface area contributed by atoms with Crippen molar-refractivity contribution >= 4 is 16.9 Å². The molecule has 0 aliphatic rings. The molecule has 0 atom stereocenters. The third kappa shape index (κ3) is 2.22. The van der Waals surface area contributed by atoms with E-state index in [1.165, 1.54) is 0 Å². The zero-order chi connectivity index (χ0) is 13.2. The highest BCUT2D eigenvalue weighted by atomic mass is 15.2. The van der Waals surface area contributed by atoms with E-state index < -0.39 is 0 Å². The van der Waals surface area contributed by atoms with Gasteiger partial charge in [0.2, 0.25) is 0 Å². The van der Waals surface area contributed by atoms with E-state index >= 15 is 0 Å². The number of nitrogens with one attached hydrogen (secondary N) is 2. The van der Waals surface area contributed by atoms with Gasteiger partial charge in [0.15, 0.2) is 5.65 Å². The molecule has 0 saturated carbocycles. The van der Waals surface area contributed by atoms with Crippen molar-refractivity contribution in [3.63, 3.8) is 0 Å². The number of aryl methyl sites for hydroxylation is 2. The molecule has 7 heteroatoms. The van der Waals surface area contributed by atoms with Crippen LogP contribution in [0.5, 0.6) is 0 Å². The molecular weight excluding hydrogens is 242 g/mol. The number of nitrogens with zero attached hydrogens (tertiary/aromatic N) is 5. The van der Waals surface area contributed by atoms with Crippen molar-refractivity contribution in [3.05, 3.63) is 35.8 Å². The maximum Gasteiger partial charge on any atom is 0.161 e. The van der Waals surface area contributed by atoms with Gasteiger partial charge in [-0.15, -0.1) is 0 Å². The van der Waals surface area contributed by atoms with Crippen LogP contribution >= 0.6 is 0 Å². The predicted octanol–water partition coefficient (Wildman–Crippen LogP) is 1.37. The minimum absolute atomic E-state index is 0.566. The third-order valence-electron chi connectivity index (χ3n) is 2.83. The maximum atomic E-state index is 4.39. The summed E-state index contributed by atoms with van der Waals surface area (Å²) in [5.74, 6) is 1.44. The van der Waals surface area contributed by atoms with Gasteiger partial charge < -0.3 is 5.32 Å². The van der Waals surface area contributed by atoms with Crippen LogP contribution in [0.15, 0.2) is 18.6 Å². The van der Waals surface area contributed by atoms with E-state index in [9.17, 15) is 0 Å². The van der Waals surface area contributed by atoms with Crippen LogP contribution in [-0.2, 0) is 6.54 Å². The van der Waals surface area contributed by atoms with Crippen LogP contribution in [0.25, 0.3) is 11.0 Å². The molecule has 0 aliphatic carbocycles. The number of hydrogen-bond donors (Lipinski definition) is 2. The molecule has 2 N–H and O–H groups in total. The number of fused-ring (bicyclic) bond motifs is 1. The fourth-order valence-electron chi connectivity index (χ4n) is 1.86. The average Bonchev–Trinajstić information content (AvgIpc) is 2.85. The van der Waals surface area contributed by atoms with Crippen molar-refractivity contribution in [2.24, 2.45) is 0 Å².